The standard InChI is InChI=1S/C19H16BrN5O2/c20-14-6-7-18-16(8-14)19(27)17(12-26)22-25(18)11-15-10-24(23-21-15)9-13-4-2-1-3-5-13/h1-8,10,26H,9,11-12H2. The molecule has 0 aliphatic carbocycles. The Balaban J connectivity index is 1.68. The number of aliphatic hydroxyl groups excluding tert-OH is 1. The van der Waals surface area contributed by atoms with E-state index in [4.69, 9.17) is 0 Å². The maximum absolute atomic E-state index is 12.4. The van der Waals surface area contributed by atoms with Crippen LogP contribution in [0.25, 0.3) is 10.9 Å². The summed E-state index contributed by atoms with van der Waals surface area (Å²) in [5, 5.41) is 22.7. The first-order chi connectivity index (χ1) is 13.1. The van der Waals surface area contributed by atoms with E-state index in [2.05, 4.69) is 31.3 Å². The van der Waals surface area contributed by atoms with Crippen molar-refractivity contribution in [2.75, 3.05) is 0 Å². The number of benzene rings is 2. The Bertz CT molecular complexity index is 1150. The van der Waals surface area contributed by atoms with Crippen LogP contribution in [0.5, 0.6) is 0 Å². The molecule has 7 nitrogen and oxygen atoms in total. The summed E-state index contributed by atoms with van der Waals surface area (Å²) in [4.78, 5) is 12.4. The molecule has 0 unspecified atom stereocenters. The number of hydrogen-bond acceptors (Lipinski definition) is 5. The first kappa shape index (κ1) is 17.6. The fourth-order valence-electron chi connectivity index (χ4n) is 2.95. The molecule has 0 fully saturated rings. The molecule has 136 valence electrons. The maximum Gasteiger partial charge on any atom is 0.213 e. The van der Waals surface area contributed by atoms with Gasteiger partial charge in [-0.15, -0.1) is 5.10 Å². The molecule has 4 aromatic rings. The number of rotatable bonds is 5. The minimum absolute atomic E-state index is 0.109. The Hall–Kier alpha value is -2.84. The van der Waals surface area contributed by atoms with Gasteiger partial charge in [0.1, 0.15) is 11.4 Å². The lowest BCUT2D eigenvalue weighted by molar-refractivity contribution is 0.272. The largest absolute Gasteiger partial charge is 0.390 e. The van der Waals surface area contributed by atoms with Crippen LogP contribution >= 0.6 is 15.9 Å². The zero-order chi connectivity index (χ0) is 18.8. The molecule has 0 saturated heterocycles. The second kappa shape index (κ2) is 7.42. The maximum atomic E-state index is 12.4. The van der Waals surface area contributed by atoms with Gasteiger partial charge >= 0.3 is 0 Å². The minimum atomic E-state index is -0.415. The van der Waals surface area contributed by atoms with Crippen molar-refractivity contribution in [2.24, 2.45) is 0 Å². The number of nitrogens with zero attached hydrogens (tertiary/aromatic N) is 5. The number of aromatic nitrogens is 5. The third kappa shape index (κ3) is 3.67. The summed E-state index contributed by atoms with van der Waals surface area (Å²) in [7, 11) is 0. The number of halogens is 1. The lowest BCUT2D eigenvalue weighted by atomic mass is 10.2. The Morgan fingerprint density at radius 3 is 2.67 bits per heavy atom. The molecule has 2 heterocycles. The van der Waals surface area contributed by atoms with Crippen molar-refractivity contribution >= 4 is 26.8 Å². The predicted octanol–water partition coefficient (Wildman–Crippen LogP) is 2.34. The molecule has 0 spiro atoms. The van der Waals surface area contributed by atoms with Crippen LogP contribution in [0.3, 0.4) is 0 Å². The van der Waals surface area contributed by atoms with Crippen LogP contribution in [0.15, 0.2) is 64.0 Å². The topological polar surface area (TPSA) is 85.8 Å². The average molecular weight is 426 g/mol. The third-order valence-corrected chi connectivity index (χ3v) is 4.71. The fourth-order valence-corrected chi connectivity index (χ4v) is 3.31. The van der Waals surface area contributed by atoms with Gasteiger partial charge in [-0.2, -0.15) is 5.10 Å². The smallest absolute Gasteiger partial charge is 0.213 e. The minimum Gasteiger partial charge on any atom is -0.390 e. The SMILES string of the molecule is O=c1c(CO)nn(Cc2cn(Cc3ccccc3)nn2)c2ccc(Br)cc12. The van der Waals surface area contributed by atoms with Crippen LogP contribution in [-0.2, 0) is 19.7 Å². The molecule has 27 heavy (non-hydrogen) atoms. The van der Waals surface area contributed by atoms with E-state index in [0.717, 1.165) is 15.7 Å². The van der Waals surface area contributed by atoms with E-state index >= 15 is 0 Å². The van der Waals surface area contributed by atoms with Gasteiger partial charge in [-0.1, -0.05) is 51.5 Å². The Labute approximate surface area is 163 Å². The van der Waals surface area contributed by atoms with Crippen molar-refractivity contribution in [3.8, 4) is 0 Å². The molecule has 0 aliphatic heterocycles. The molecule has 4 rings (SSSR count). The molecule has 0 atom stereocenters. The first-order valence-corrected chi connectivity index (χ1v) is 9.16. The van der Waals surface area contributed by atoms with E-state index in [1.165, 1.54) is 0 Å². The molecule has 0 bridgehead atoms. The van der Waals surface area contributed by atoms with Crippen LogP contribution in [0, 0.1) is 0 Å². The lowest BCUT2D eigenvalue weighted by Gasteiger charge is -2.10. The third-order valence-electron chi connectivity index (χ3n) is 4.22. The summed E-state index contributed by atoms with van der Waals surface area (Å²) in [6, 6.07) is 15.4. The van der Waals surface area contributed by atoms with Crippen molar-refractivity contribution in [2.45, 2.75) is 19.7 Å². The van der Waals surface area contributed by atoms with Gasteiger partial charge in [0.2, 0.25) is 5.43 Å². The molecule has 2 aromatic heterocycles. The van der Waals surface area contributed by atoms with E-state index in [-0.39, 0.29) is 11.1 Å². The summed E-state index contributed by atoms with van der Waals surface area (Å²) < 4.78 is 4.23. The molecule has 2 aromatic carbocycles. The highest BCUT2D eigenvalue weighted by atomic mass is 79.9. The first-order valence-electron chi connectivity index (χ1n) is 8.37. The predicted molar refractivity (Wildman–Crippen MR) is 104 cm³/mol. The summed E-state index contributed by atoms with van der Waals surface area (Å²) in [5.41, 5.74) is 2.37. The molecule has 0 radical (unpaired) electrons. The highest BCUT2D eigenvalue weighted by Crippen LogP contribution is 2.18. The van der Waals surface area contributed by atoms with Gasteiger partial charge in [0.05, 0.1) is 36.8 Å². The van der Waals surface area contributed by atoms with E-state index in [1.807, 2.05) is 48.7 Å². The van der Waals surface area contributed by atoms with Gasteiger partial charge in [0, 0.05) is 4.47 Å². The van der Waals surface area contributed by atoms with Crippen molar-refractivity contribution in [1.29, 1.82) is 0 Å². The lowest BCUT2D eigenvalue weighted by Crippen LogP contribution is -2.20. The molecule has 0 amide bonds. The summed E-state index contributed by atoms with van der Waals surface area (Å²) >= 11 is 3.38. The van der Waals surface area contributed by atoms with Crippen molar-refractivity contribution < 1.29 is 5.11 Å². The van der Waals surface area contributed by atoms with Gasteiger partial charge in [0.25, 0.3) is 0 Å². The highest BCUT2D eigenvalue weighted by Gasteiger charge is 2.12. The number of hydrogen-bond donors (Lipinski definition) is 1. The van der Waals surface area contributed by atoms with Gasteiger partial charge < -0.3 is 5.11 Å². The fraction of sp³-hybridized carbons (Fsp3) is 0.158. The molecule has 0 aliphatic rings. The van der Waals surface area contributed by atoms with Crippen molar-refractivity contribution in [3.05, 3.63) is 86.4 Å². The molecular formula is C19H16BrN5O2. The van der Waals surface area contributed by atoms with E-state index in [1.54, 1.807) is 15.4 Å². The molecule has 0 saturated carbocycles. The second-order valence-electron chi connectivity index (χ2n) is 6.15. The quantitative estimate of drug-likeness (QED) is 0.530. The zero-order valence-electron chi connectivity index (χ0n) is 14.3. The van der Waals surface area contributed by atoms with E-state index in [0.29, 0.717) is 24.0 Å². The van der Waals surface area contributed by atoms with Gasteiger partial charge in [-0.3, -0.25) is 9.48 Å². The van der Waals surface area contributed by atoms with Crippen molar-refractivity contribution in [3.63, 3.8) is 0 Å². The summed E-state index contributed by atoms with van der Waals surface area (Å²) in [6.45, 7) is 0.559. The zero-order valence-corrected chi connectivity index (χ0v) is 15.9. The van der Waals surface area contributed by atoms with Crippen LogP contribution in [0.4, 0.5) is 0 Å². The average Bonchev–Trinajstić information content (AvgIpc) is 3.11. The van der Waals surface area contributed by atoms with Crippen LogP contribution in [0.2, 0.25) is 0 Å². The van der Waals surface area contributed by atoms with Crippen LogP contribution < -0.4 is 5.43 Å². The number of aliphatic hydroxyl groups is 1. The highest BCUT2D eigenvalue weighted by molar-refractivity contribution is 9.10. The second-order valence-corrected chi connectivity index (χ2v) is 7.06. The summed E-state index contributed by atoms with van der Waals surface area (Å²) in [6.07, 6.45) is 1.86. The van der Waals surface area contributed by atoms with Gasteiger partial charge in [-0.25, -0.2) is 4.68 Å². The Morgan fingerprint density at radius 2 is 1.89 bits per heavy atom. The van der Waals surface area contributed by atoms with E-state index < -0.39 is 6.61 Å². The Kier molecular flexibility index (Phi) is 4.83. The summed E-state index contributed by atoms with van der Waals surface area (Å²) in [5.74, 6) is 0. The van der Waals surface area contributed by atoms with Crippen molar-refractivity contribution in [1.82, 2.24) is 24.8 Å². The molecular weight excluding hydrogens is 410 g/mol. The molecule has 1 N–H and O–H groups in total. The van der Waals surface area contributed by atoms with E-state index in [9.17, 15) is 9.90 Å². The number of fused-ring (bicyclic) bond motifs is 1. The van der Waals surface area contributed by atoms with Crippen LogP contribution in [-0.4, -0.2) is 29.9 Å². The monoisotopic (exact) mass is 425 g/mol. The van der Waals surface area contributed by atoms with Gasteiger partial charge in [-0.05, 0) is 23.8 Å². The van der Waals surface area contributed by atoms with Crippen LogP contribution in [0.1, 0.15) is 17.0 Å². The normalized spacial score (nSPS) is 11.2. The Morgan fingerprint density at radius 1 is 1.07 bits per heavy atom. The van der Waals surface area contributed by atoms with Gasteiger partial charge in [0.15, 0.2) is 0 Å². The molecule has 8 heteroatoms.